The van der Waals surface area contributed by atoms with Crippen molar-refractivity contribution >= 4 is 54.6 Å². The average molecular weight is 616 g/mol. The van der Waals surface area contributed by atoms with E-state index in [1.54, 1.807) is 0 Å². The Hall–Kier alpha value is -6.46. The van der Waals surface area contributed by atoms with Crippen molar-refractivity contribution in [3.05, 3.63) is 157 Å². The zero-order valence-corrected chi connectivity index (χ0v) is 26.2. The Balaban J connectivity index is 1.28. The van der Waals surface area contributed by atoms with Crippen molar-refractivity contribution in [3.63, 3.8) is 0 Å². The van der Waals surface area contributed by atoms with Gasteiger partial charge in [0.15, 0.2) is 0 Å². The second kappa shape index (κ2) is 10.3. The largest absolute Gasteiger partial charge is 0.354 e. The van der Waals surface area contributed by atoms with Crippen LogP contribution in [-0.2, 0) is 0 Å². The van der Waals surface area contributed by atoms with E-state index < -0.39 is 0 Å². The standard InChI is InChI=1S/C43H29N5/c1-27-21-24-37-42(40(27)28-22-23-32-31-15-6-8-19-36(31)48(38(32)26-28)39-20-9-10-25-44-39)46-43(47(37)29-12-3-2-4-13-29)34-17-11-16-33-30-14-5-7-18-35(30)45-41(33)34/h2-26,45H,1H3. The van der Waals surface area contributed by atoms with E-state index in [9.17, 15) is 0 Å². The van der Waals surface area contributed by atoms with Crippen LogP contribution in [-0.4, -0.2) is 24.1 Å². The predicted octanol–water partition coefficient (Wildman–Crippen LogP) is 10.8. The van der Waals surface area contributed by atoms with Gasteiger partial charge < -0.3 is 4.98 Å². The van der Waals surface area contributed by atoms with Gasteiger partial charge in [-0.05, 0) is 72.6 Å². The summed E-state index contributed by atoms with van der Waals surface area (Å²) < 4.78 is 4.58. The number of para-hydroxylation sites is 4. The Bertz CT molecular complexity index is 2840. The summed E-state index contributed by atoms with van der Waals surface area (Å²) in [5, 5.41) is 4.82. The Morgan fingerprint density at radius 2 is 1.33 bits per heavy atom. The zero-order chi connectivity index (χ0) is 31.8. The Labute approximate surface area is 276 Å². The molecule has 1 N–H and O–H groups in total. The Morgan fingerprint density at radius 3 is 2.21 bits per heavy atom. The second-order valence-electron chi connectivity index (χ2n) is 12.4. The third-order valence-corrected chi connectivity index (χ3v) is 9.67. The molecule has 0 aliphatic heterocycles. The lowest BCUT2D eigenvalue weighted by atomic mass is 9.97. The van der Waals surface area contributed by atoms with E-state index in [1.165, 1.54) is 27.1 Å². The van der Waals surface area contributed by atoms with Gasteiger partial charge in [0.25, 0.3) is 0 Å². The molecule has 0 saturated heterocycles. The first-order chi connectivity index (χ1) is 23.7. The fourth-order valence-corrected chi connectivity index (χ4v) is 7.55. The van der Waals surface area contributed by atoms with Gasteiger partial charge >= 0.3 is 0 Å². The van der Waals surface area contributed by atoms with Crippen LogP contribution in [0.3, 0.4) is 0 Å². The van der Waals surface area contributed by atoms with Gasteiger partial charge in [-0.1, -0.05) is 91.0 Å². The molecular weight excluding hydrogens is 587 g/mol. The van der Waals surface area contributed by atoms with Gasteiger partial charge in [0.2, 0.25) is 0 Å². The monoisotopic (exact) mass is 615 g/mol. The number of benzene rings is 6. The number of imidazole rings is 1. The van der Waals surface area contributed by atoms with E-state index in [2.05, 4.69) is 155 Å². The number of hydrogen-bond acceptors (Lipinski definition) is 2. The quantitative estimate of drug-likeness (QED) is 0.214. The molecule has 0 spiro atoms. The molecule has 6 aromatic carbocycles. The summed E-state index contributed by atoms with van der Waals surface area (Å²) in [6, 6.07) is 51.5. The third kappa shape index (κ3) is 3.85. The van der Waals surface area contributed by atoms with Gasteiger partial charge in [-0.2, -0.15) is 0 Å². The predicted molar refractivity (Wildman–Crippen MR) is 198 cm³/mol. The van der Waals surface area contributed by atoms with Crippen molar-refractivity contribution < 1.29 is 0 Å². The summed E-state index contributed by atoms with van der Waals surface area (Å²) in [5.41, 5.74) is 12.1. The van der Waals surface area contributed by atoms with Crippen LogP contribution in [0.5, 0.6) is 0 Å². The minimum absolute atomic E-state index is 0.901. The molecule has 0 bridgehead atoms. The molecule has 0 fully saturated rings. The molecule has 0 unspecified atom stereocenters. The van der Waals surface area contributed by atoms with Crippen molar-refractivity contribution in [3.8, 4) is 34.0 Å². The van der Waals surface area contributed by atoms with Gasteiger partial charge in [-0.3, -0.25) is 9.13 Å². The number of aromatic nitrogens is 5. The smallest absolute Gasteiger partial charge is 0.147 e. The number of aromatic amines is 1. The second-order valence-corrected chi connectivity index (χ2v) is 12.4. The summed E-state index contributed by atoms with van der Waals surface area (Å²) in [5.74, 6) is 1.81. The summed E-state index contributed by atoms with van der Waals surface area (Å²) in [6.07, 6.45) is 1.86. The highest BCUT2D eigenvalue weighted by Gasteiger charge is 2.22. The molecule has 10 rings (SSSR count). The molecule has 5 heteroatoms. The van der Waals surface area contributed by atoms with E-state index in [0.717, 1.165) is 67.1 Å². The maximum Gasteiger partial charge on any atom is 0.147 e. The first kappa shape index (κ1) is 26.7. The average Bonchev–Trinajstić information content (AvgIpc) is 3.82. The Morgan fingerprint density at radius 1 is 0.562 bits per heavy atom. The van der Waals surface area contributed by atoms with Gasteiger partial charge in [0.1, 0.15) is 11.6 Å². The van der Waals surface area contributed by atoms with Gasteiger partial charge in [-0.25, -0.2) is 9.97 Å². The lowest BCUT2D eigenvalue weighted by Crippen LogP contribution is -1.98. The van der Waals surface area contributed by atoms with E-state index in [1.807, 2.05) is 18.3 Å². The van der Waals surface area contributed by atoms with Crippen molar-refractivity contribution in [2.75, 3.05) is 0 Å². The number of rotatable bonds is 4. The van der Waals surface area contributed by atoms with E-state index >= 15 is 0 Å². The SMILES string of the molecule is Cc1ccc2c(nc(-c3cccc4c3[nH]c3ccccc34)n2-c2ccccc2)c1-c1ccc2c3ccccc3n(-c3ccccn3)c2c1. The minimum Gasteiger partial charge on any atom is -0.354 e. The lowest BCUT2D eigenvalue weighted by molar-refractivity contribution is 1.08. The number of fused-ring (bicyclic) bond motifs is 7. The summed E-state index contributed by atoms with van der Waals surface area (Å²) in [7, 11) is 0. The van der Waals surface area contributed by atoms with Gasteiger partial charge in [0, 0.05) is 50.1 Å². The molecular formula is C43H29N5. The fourth-order valence-electron chi connectivity index (χ4n) is 7.55. The molecule has 0 amide bonds. The van der Waals surface area contributed by atoms with Crippen LogP contribution in [0, 0.1) is 6.92 Å². The van der Waals surface area contributed by atoms with Crippen molar-refractivity contribution in [2.24, 2.45) is 0 Å². The highest BCUT2D eigenvalue weighted by atomic mass is 15.1. The van der Waals surface area contributed by atoms with Crippen LogP contribution in [0.25, 0.3) is 88.7 Å². The summed E-state index contributed by atoms with van der Waals surface area (Å²) >= 11 is 0. The number of H-pyrrole nitrogens is 1. The maximum atomic E-state index is 5.54. The topological polar surface area (TPSA) is 51.4 Å². The van der Waals surface area contributed by atoms with Crippen molar-refractivity contribution in [2.45, 2.75) is 6.92 Å². The molecule has 0 saturated carbocycles. The van der Waals surface area contributed by atoms with E-state index in [4.69, 9.17) is 9.97 Å². The van der Waals surface area contributed by atoms with Crippen LogP contribution >= 0.6 is 0 Å². The number of aryl methyl sites for hydroxylation is 1. The normalized spacial score (nSPS) is 11.9. The van der Waals surface area contributed by atoms with Gasteiger partial charge in [-0.15, -0.1) is 0 Å². The molecule has 4 heterocycles. The number of pyridine rings is 1. The Kier molecular flexibility index (Phi) is 5.72. The molecule has 48 heavy (non-hydrogen) atoms. The highest BCUT2D eigenvalue weighted by molar-refractivity contribution is 6.13. The zero-order valence-electron chi connectivity index (χ0n) is 26.2. The molecule has 0 atom stereocenters. The number of nitrogens with zero attached hydrogens (tertiary/aromatic N) is 4. The summed E-state index contributed by atoms with van der Waals surface area (Å²) in [6.45, 7) is 2.19. The molecule has 4 aromatic heterocycles. The number of hydrogen-bond donors (Lipinski definition) is 1. The number of nitrogens with one attached hydrogen (secondary N) is 1. The maximum absolute atomic E-state index is 5.54. The van der Waals surface area contributed by atoms with Crippen LogP contribution in [0.15, 0.2) is 152 Å². The third-order valence-electron chi connectivity index (χ3n) is 9.67. The van der Waals surface area contributed by atoms with Crippen LogP contribution < -0.4 is 0 Å². The first-order valence-electron chi connectivity index (χ1n) is 16.3. The molecule has 5 nitrogen and oxygen atoms in total. The fraction of sp³-hybridized carbons (Fsp3) is 0.0233. The first-order valence-corrected chi connectivity index (χ1v) is 16.3. The molecule has 226 valence electrons. The van der Waals surface area contributed by atoms with E-state index in [0.29, 0.717) is 0 Å². The highest BCUT2D eigenvalue weighted by Crippen LogP contribution is 2.41. The van der Waals surface area contributed by atoms with Gasteiger partial charge in [0.05, 0.1) is 27.6 Å². The van der Waals surface area contributed by atoms with Crippen molar-refractivity contribution in [1.29, 1.82) is 0 Å². The molecule has 0 aliphatic rings. The lowest BCUT2D eigenvalue weighted by Gasteiger charge is -2.12. The molecule has 10 aromatic rings. The summed E-state index contributed by atoms with van der Waals surface area (Å²) in [4.78, 5) is 14.0. The van der Waals surface area contributed by atoms with Crippen LogP contribution in [0.1, 0.15) is 5.56 Å². The molecule has 0 aliphatic carbocycles. The van der Waals surface area contributed by atoms with Crippen LogP contribution in [0.4, 0.5) is 0 Å². The van der Waals surface area contributed by atoms with Crippen molar-refractivity contribution in [1.82, 2.24) is 24.1 Å². The van der Waals surface area contributed by atoms with E-state index in [-0.39, 0.29) is 0 Å². The minimum atomic E-state index is 0.901. The molecule has 0 radical (unpaired) electrons. The van der Waals surface area contributed by atoms with Crippen LogP contribution in [0.2, 0.25) is 0 Å².